The predicted molar refractivity (Wildman–Crippen MR) is 82.6 cm³/mol. The minimum Gasteiger partial charge on any atom is -0.398 e. The van der Waals surface area contributed by atoms with Gasteiger partial charge in [0.25, 0.3) is 0 Å². The van der Waals surface area contributed by atoms with Gasteiger partial charge in [0.1, 0.15) is 0 Å². The summed E-state index contributed by atoms with van der Waals surface area (Å²) in [6.45, 7) is 3.64. The van der Waals surface area contributed by atoms with Gasteiger partial charge in [-0.3, -0.25) is 14.5 Å². The highest BCUT2D eigenvalue weighted by atomic mass is 16.2. The van der Waals surface area contributed by atoms with Gasteiger partial charge in [0, 0.05) is 17.3 Å². The largest absolute Gasteiger partial charge is 0.398 e. The number of hydrogen-bond donors (Lipinski definition) is 3. The van der Waals surface area contributed by atoms with Crippen LogP contribution in [0.2, 0.25) is 0 Å². The molecule has 1 aromatic rings. The molecule has 114 valence electrons. The van der Waals surface area contributed by atoms with Crippen molar-refractivity contribution in [3.05, 3.63) is 23.8 Å². The Balaban J connectivity index is 1.86. The van der Waals surface area contributed by atoms with E-state index in [9.17, 15) is 9.59 Å². The maximum Gasteiger partial charge on any atom is 0.238 e. The van der Waals surface area contributed by atoms with E-state index in [4.69, 9.17) is 11.5 Å². The normalized spacial score (nSPS) is 16.6. The van der Waals surface area contributed by atoms with E-state index in [1.807, 2.05) is 24.0 Å². The van der Waals surface area contributed by atoms with Crippen LogP contribution < -0.4 is 16.8 Å². The molecule has 1 saturated heterocycles. The van der Waals surface area contributed by atoms with E-state index in [1.165, 1.54) is 0 Å². The number of anilines is 2. The maximum atomic E-state index is 12.1. The minimum absolute atomic E-state index is 0.0551. The summed E-state index contributed by atoms with van der Waals surface area (Å²) in [6, 6.07) is 5.46. The molecule has 0 saturated carbocycles. The molecule has 1 aliphatic heterocycles. The number of nitrogens with zero attached hydrogens (tertiary/aromatic N) is 1. The highest BCUT2D eigenvalue weighted by Gasteiger charge is 2.24. The summed E-state index contributed by atoms with van der Waals surface area (Å²) in [5.74, 6) is -0.365. The number of nitrogen functional groups attached to an aromatic ring is 1. The SMILES string of the molecule is Cc1c(N)cccc1NC(=O)CN1CCC(C(N)=O)CC1. The Bertz CT molecular complexity index is 536. The predicted octanol–water partition coefficient (Wildman–Crippen LogP) is 0.713. The number of piperidine rings is 1. The van der Waals surface area contributed by atoms with Crippen molar-refractivity contribution in [1.29, 1.82) is 0 Å². The second kappa shape index (κ2) is 6.58. The summed E-state index contributed by atoms with van der Waals surface area (Å²) < 4.78 is 0. The van der Waals surface area contributed by atoms with Crippen LogP contribution in [0.25, 0.3) is 0 Å². The van der Waals surface area contributed by atoms with Crippen molar-refractivity contribution >= 4 is 23.2 Å². The first-order valence-corrected chi connectivity index (χ1v) is 7.14. The number of hydrogen-bond acceptors (Lipinski definition) is 4. The lowest BCUT2D eigenvalue weighted by atomic mass is 9.96. The molecular formula is C15H22N4O2. The lowest BCUT2D eigenvalue weighted by molar-refractivity contribution is -0.123. The highest BCUT2D eigenvalue weighted by Crippen LogP contribution is 2.21. The van der Waals surface area contributed by atoms with Crippen molar-refractivity contribution in [2.45, 2.75) is 19.8 Å². The minimum atomic E-state index is -0.241. The molecule has 0 bridgehead atoms. The quantitative estimate of drug-likeness (QED) is 0.711. The molecule has 1 heterocycles. The summed E-state index contributed by atoms with van der Waals surface area (Å²) >= 11 is 0. The van der Waals surface area contributed by atoms with Crippen LogP contribution in [-0.2, 0) is 9.59 Å². The van der Waals surface area contributed by atoms with E-state index in [2.05, 4.69) is 5.32 Å². The summed E-state index contributed by atoms with van der Waals surface area (Å²) in [5.41, 5.74) is 13.4. The van der Waals surface area contributed by atoms with E-state index < -0.39 is 0 Å². The number of nitrogens with two attached hydrogens (primary N) is 2. The van der Waals surface area contributed by atoms with Crippen LogP contribution >= 0.6 is 0 Å². The molecule has 0 aromatic heterocycles. The molecule has 1 fully saturated rings. The average molecular weight is 290 g/mol. The molecule has 5 N–H and O–H groups in total. The first kappa shape index (κ1) is 15.3. The van der Waals surface area contributed by atoms with E-state index in [0.29, 0.717) is 12.2 Å². The van der Waals surface area contributed by atoms with Crippen LogP contribution in [0.15, 0.2) is 18.2 Å². The van der Waals surface area contributed by atoms with Crippen LogP contribution in [0, 0.1) is 12.8 Å². The van der Waals surface area contributed by atoms with Crippen molar-refractivity contribution in [3.8, 4) is 0 Å². The van der Waals surface area contributed by atoms with Crippen molar-refractivity contribution in [3.63, 3.8) is 0 Å². The maximum absolute atomic E-state index is 12.1. The summed E-state index contributed by atoms with van der Waals surface area (Å²) in [5, 5.41) is 2.88. The molecule has 2 rings (SSSR count). The Morgan fingerprint density at radius 1 is 1.33 bits per heavy atom. The van der Waals surface area contributed by atoms with E-state index in [1.54, 1.807) is 6.07 Å². The van der Waals surface area contributed by atoms with Crippen LogP contribution in [0.1, 0.15) is 18.4 Å². The molecule has 1 aliphatic rings. The fourth-order valence-corrected chi connectivity index (χ4v) is 2.56. The van der Waals surface area contributed by atoms with Gasteiger partial charge in [0.05, 0.1) is 6.54 Å². The number of carbonyl (C=O) groups excluding carboxylic acids is 2. The molecule has 21 heavy (non-hydrogen) atoms. The van der Waals surface area contributed by atoms with Crippen molar-refractivity contribution in [1.82, 2.24) is 4.90 Å². The van der Waals surface area contributed by atoms with E-state index >= 15 is 0 Å². The Hall–Kier alpha value is -2.08. The van der Waals surface area contributed by atoms with Crippen LogP contribution in [0.5, 0.6) is 0 Å². The number of likely N-dealkylation sites (tertiary alicyclic amines) is 1. The fourth-order valence-electron chi connectivity index (χ4n) is 2.56. The zero-order valence-corrected chi connectivity index (χ0v) is 12.3. The number of rotatable bonds is 4. The van der Waals surface area contributed by atoms with Crippen LogP contribution in [0.3, 0.4) is 0 Å². The lowest BCUT2D eigenvalue weighted by Gasteiger charge is -2.29. The molecular weight excluding hydrogens is 268 g/mol. The Kier molecular flexibility index (Phi) is 4.80. The topological polar surface area (TPSA) is 101 Å². The van der Waals surface area contributed by atoms with E-state index in [-0.39, 0.29) is 17.7 Å². The molecule has 2 amide bonds. The summed E-state index contributed by atoms with van der Waals surface area (Å²) in [4.78, 5) is 25.2. The van der Waals surface area contributed by atoms with Gasteiger partial charge in [0.2, 0.25) is 11.8 Å². The molecule has 0 spiro atoms. The van der Waals surface area contributed by atoms with Gasteiger partial charge in [-0.25, -0.2) is 0 Å². The third-order valence-electron chi connectivity index (χ3n) is 4.01. The van der Waals surface area contributed by atoms with Crippen molar-refractivity contribution in [2.75, 3.05) is 30.7 Å². The van der Waals surface area contributed by atoms with Gasteiger partial charge < -0.3 is 16.8 Å². The van der Waals surface area contributed by atoms with Gasteiger partial charge >= 0.3 is 0 Å². The van der Waals surface area contributed by atoms with Gasteiger partial charge in [-0.2, -0.15) is 0 Å². The Labute approximate surface area is 124 Å². The molecule has 6 heteroatoms. The smallest absolute Gasteiger partial charge is 0.238 e. The Morgan fingerprint density at radius 3 is 2.62 bits per heavy atom. The molecule has 0 aliphatic carbocycles. The number of primary amides is 1. The first-order valence-electron chi connectivity index (χ1n) is 7.14. The zero-order valence-electron chi connectivity index (χ0n) is 12.3. The fraction of sp³-hybridized carbons (Fsp3) is 0.467. The number of carbonyl (C=O) groups is 2. The van der Waals surface area contributed by atoms with Gasteiger partial charge in [-0.1, -0.05) is 6.07 Å². The van der Waals surface area contributed by atoms with Crippen LogP contribution in [0.4, 0.5) is 11.4 Å². The molecule has 6 nitrogen and oxygen atoms in total. The van der Waals surface area contributed by atoms with E-state index in [0.717, 1.165) is 37.2 Å². The molecule has 0 unspecified atom stereocenters. The second-order valence-electron chi connectivity index (χ2n) is 5.52. The summed E-state index contributed by atoms with van der Waals surface area (Å²) in [7, 11) is 0. The van der Waals surface area contributed by atoms with Gasteiger partial charge in [-0.05, 0) is 50.6 Å². The Morgan fingerprint density at radius 2 is 2.00 bits per heavy atom. The lowest BCUT2D eigenvalue weighted by Crippen LogP contribution is -2.42. The standard InChI is InChI=1S/C15H22N4O2/c1-10-12(16)3-2-4-13(10)18-14(20)9-19-7-5-11(6-8-19)15(17)21/h2-4,11H,5-9,16H2,1H3,(H2,17,21)(H,18,20). The monoisotopic (exact) mass is 290 g/mol. The average Bonchev–Trinajstić information content (AvgIpc) is 2.44. The first-order chi connectivity index (χ1) is 9.97. The number of amides is 2. The number of benzene rings is 1. The van der Waals surface area contributed by atoms with Gasteiger partial charge in [0.15, 0.2) is 0 Å². The zero-order chi connectivity index (χ0) is 15.4. The third-order valence-corrected chi connectivity index (χ3v) is 4.01. The van der Waals surface area contributed by atoms with Crippen molar-refractivity contribution < 1.29 is 9.59 Å². The molecule has 0 radical (unpaired) electrons. The van der Waals surface area contributed by atoms with Crippen LogP contribution in [-0.4, -0.2) is 36.3 Å². The molecule has 1 aromatic carbocycles. The molecule has 0 atom stereocenters. The number of nitrogens with one attached hydrogen (secondary N) is 1. The van der Waals surface area contributed by atoms with Gasteiger partial charge in [-0.15, -0.1) is 0 Å². The highest BCUT2D eigenvalue weighted by molar-refractivity contribution is 5.93. The summed E-state index contributed by atoms with van der Waals surface area (Å²) in [6.07, 6.45) is 1.44. The van der Waals surface area contributed by atoms with Crippen molar-refractivity contribution in [2.24, 2.45) is 11.7 Å². The second-order valence-corrected chi connectivity index (χ2v) is 5.52. The third kappa shape index (κ3) is 3.95.